The number of pyridine rings is 1. The van der Waals surface area contributed by atoms with E-state index < -0.39 is 0 Å². The number of methoxy groups -OCH3 is 1. The van der Waals surface area contributed by atoms with E-state index in [9.17, 15) is 4.79 Å². The second-order valence-electron chi connectivity index (χ2n) is 6.63. The van der Waals surface area contributed by atoms with Crippen molar-refractivity contribution in [3.05, 3.63) is 30.2 Å². The van der Waals surface area contributed by atoms with Gasteiger partial charge in [0.2, 0.25) is 0 Å². The summed E-state index contributed by atoms with van der Waals surface area (Å²) in [5.74, 6) is 1.80. The first kappa shape index (κ1) is 21.4. The van der Waals surface area contributed by atoms with Gasteiger partial charge in [0, 0.05) is 39.3 Å². The Kier molecular flexibility index (Phi) is 7.81. The SMILES string of the molecule is CN=C(NCCCc1nnc2ccccn12)N1CC(C)C(C(=O)OC)C1.I. The van der Waals surface area contributed by atoms with E-state index in [4.69, 9.17) is 4.74 Å². The lowest BCUT2D eigenvalue weighted by molar-refractivity contribution is -0.145. The van der Waals surface area contributed by atoms with Gasteiger partial charge in [-0.3, -0.25) is 14.2 Å². The summed E-state index contributed by atoms with van der Waals surface area (Å²) in [5.41, 5.74) is 0.867. The van der Waals surface area contributed by atoms with Crippen LogP contribution < -0.4 is 5.32 Å². The molecule has 1 saturated heterocycles. The lowest BCUT2D eigenvalue weighted by Gasteiger charge is -2.21. The molecule has 8 nitrogen and oxygen atoms in total. The minimum Gasteiger partial charge on any atom is -0.469 e. The first-order valence-electron chi connectivity index (χ1n) is 8.96. The quantitative estimate of drug-likeness (QED) is 0.227. The van der Waals surface area contributed by atoms with Gasteiger partial charge in [-0.05, 0) is 24.5 Å². The first-order valence-corrected chi connectivity index (χ1v) is 8.96. The van der Waals surface area contributed by atoms with Gasteiger partial charge in [-0.1, -0.05) is 13.0 Å². The fourth-order valence-electron chi connectivity index (χ4n) is 3.44. The average molecular weight is 486 g/mol. The number of aromatic nitrogens is 3. The highest BCUT2D eigenvalue weighted by Crippen LogP contribution is 2.24. The number of nitrogens with one attached hydrogen (secondary N) is 1. The summed E-state index contributed by atoms with van der Waals surface area (Å²) in [6, 6.07) is 5.88. The third-order valence-electron chi connectivity index (χ3n) is 4.87. The summed E-state index contributed by atoms with van der Waals surface area (Å²) in [6.45, 7) is 4.30. The predicted octanol–water partition coefficient (Wildman–Crippen LogP) is 1.60. The molecule has 148 valence electrons. The van der Waals surface area contributed by atoms with Crippen LogP contribution in [0.3, 0.4) is 0 Å². The number of aryl methyl sites for hydroxylation is 1. The van der Waals surface area contributed by atoms with Gasteiger partial charge in [-0.15, -0.1) is 34.2 Å². The standard InChI is InChI=1S/C18H26N6O2.HI/c1-13-11-23(12-14(13)17(25)26-3)18(19-2)20-9-6-8-16-22-21-15-7-4-5-10-24(15)16;/h4-5,7,10,13-14H,6,8-9,11-12H2,1-3H3,(H,19,20);1H. The number of esters is 1. The van der Waals surface area contributed by atoms with Crippen molar-refractivity contribution in [2.75, 3.05) is 33.8 Å². The van der Waals surface area contributed by atoms with Crippen molar-refractivity contribution >= 4 is 41.6 Å². The molecule has 2 aromatic heterocycles. The molecule has 1 aliphatic rings. The zero-order chi connectivity index (χ0) is 18.5. The van der Waals surface area contributed by atoms with Crippen molar-refractivity contribution in [2.24, 2.45) is 16.8 Å². The van der Waals surface area contributed by atoms with Crippen molar-refractivity contribution in [2.45, 2.75) is 19.8 Å². The Hall–Kier alpha value is -1.91. The fourth-order valence-corrected chi connectivity index (χ4v) is 3.44. The molecule has 3 rings (SSSR count). The molecule has 9 heteroatoms. The van der Waals surface area contributed by atoms with Crippen LogP contribution in [0.2, 0.25) is 0 Å². The maximum Gasteiger partial charge on any atom is 0.310 e. The molecule has 0 spiro atoms. The summed E-state index contributed by atoms with van der Waals surface area (Å²) in [7, 11) is 3.21. The van der Waals surface area contributed by atoms with Crippen molar-refractivity contribution in [3.8, 4) is 0 Å². The Morgan fingerprint density at radius 2 is 2.19 bits per heavy atom. The number of ether oxygens (including phenoxy) is 1. The number of rotatable bonds is 5. The van der Waals surface area contributed by atoms with Crippen molar-refractivity contribution < 1.29 is 9.53 Å². The van der Waals surface area contributed by atoms with Crippen LogP contribution in [0.4, 0.5) is 0 Å². The maximum atomic E-state index is 11.9. The van der Waals surface area contributed by atoms with E-state index in [0.717, 1.165) is 43.4 Å². The van der Waals surface area contributed by atoms with Crippen molar-refractivity contribution in [1.29, 1.82) is 0 Å². The Labute approximate surface area is 176 Å². The highest BCUT2D eigenvalue weighted by atomic mass is 127. The topological polar surface area (TPSA) is 84.1 Å². The third kappa shape index (κ3) is 4.88. The highest BCUT2D eigenvalue weighted by Gasteiger charge is 2.36. The minimum absolute atomic E-state index is 0. The number of carbonyl (C=O) groups excluding carboxylic acids is 1. The van der Waals surface area contributed by atoms with Crippen LogP contribution in [0.1, 0.15) is 19.2 Å². The predicted molar refractivity (Wildman–Crippen MR) is 114 cm³/mol. The molecule has 27 heavy (non-hydrogen) atoms. The fraction of sp³-hybridized carbons (Fsp3) is 0.556. The van der Waals surface area contributed by atoms with Crippen LogP contribution in [0, 0.1) is 11.8 Å². The molecule has 0 saturated carbocycles. The van der Waals surface area contributed by atoms with Crippen LogP contribution in [0.5, 0.6) is 0 Å². The molecule has 2 aromatic rings. The second-order valence-corrected chi connectivity index (χ2v) is 6.63. The number of hydrogen-bond acceptors (Lipinski definition) is 5. The molecule has 3 heterocycles. The smallest absolute Gasteiger partial charge is 0.310 e. The van der Waals surface area contributed by atoms with Gasteiger partial charge >= 0.3 is 5.97 Å². The zero-order valence-electron chi connectivity index (χ0n) is 16.0. The van der Waals surface area contributed by atoms with Crippen LogP contribution >= 0.6 is 24.0 Å². The zero-order valence-corrected chi connectivity index (χ0v) is 18.3. The molecule has 0 aromatic carbocycles. The molecule has 0 amide bonds. The van der Waals surface area contributed by atoms with E-state index in [1.807, 2.05) is 28.8 Å². The van der Waals surface area contributed by atoms with Gasteiger partial charge in [0.15, 0.2) is 11.6 Å². The Morgan fingerprint density at radius 1 is 1.37 bits per heavy atom. The third-order valence-corrected chi connectivity index (χ3v) is 4.87. The summed E-state index contributed by atoms with van der Waals surface area (Å²) in [4.78, 5) is 18.3. The summed E-state index contributed by atoms with van der Waals surface area (Å²) < 4.78 is 6.91. The number of aliphatic imine (C=N–C) groups is 1. The van der Waals surface area contributed by atoms with E-state index >= 15 is 0 Å². The lowest BCUT2D eigenvalue weighted by Crippen LogP contribution is -2.41. The minimum atomic E-state index is -0.144. The summed E-state index contributed by atoms with van der Waals surface area (Å²) in [5, 5.41) is 11.8. The molecule has 0 radical (unpaired) electrons. The number of hydrogen-bond donors (Lipinski definition) is 1. The normalized spacial score (nSPS) is 19.8. The molecule has 0 bridgehead atoms. The summed E-state index contributed by atoms with van der Waals surface area (Å²) in [6.07, 6.45) is 3.73. The number of halogens is 1. The molecule has 2 atom stereocenters. The van der Waals surface area contributed by atoms with Crippen LogP contribution in [0.15, 0.2) is 29.4 Å². The largest absolute Gasteiger partial charge is 0.469 e. The molecular formula is C18H27IN6O2. The highest BCUT2D eigenvalue weighted by molar-refractivity contribution is 14.0. The number of guanidine groups is 1. The van der Waals surface area contributed by atoms with Crippen LogP contribution in [-0.2, 0) is 16.0 Å². The van der Waals surface area contributed by atoms with Gasteiger partial charge in [0.1, 0.15) is 5.82 Å². The van der Waals surface area contributed by atoms with Crippen LogP contribution in [-0.4, -0.2) is 65.2 Å². The molecular weight excluding hydrogens is 459 g/mol. The Balaban J connectivity index is 0.00000261. The van der Waals surface area contributed by atoms with E-state index in [1.54, 1.807) is 7.05 Å². The van der Waals surface area contributed by atoms with Crippen molar-refractivity contribution in [1.82, 2.24) is 24.8 Å². The van der Waals surface area contributed by atoms with Crippen molar-refractivity contribution in [3.63, 3.8) is 0 Å². The van der Waals surface area contributed by atoms with E-state index in [1.165, 1.54) is 7.11 Å². The van der Waals surface area contributed by atoms with E-state index in [2.05, 4.69) is 32.3 Å². The molecule has 0 aliphatic carbocycles. The van der Waals surface area contributed by atoms with Gasteiger partial charge in [0.05, 0.1) is 13.0 Å². The van der Waals surface area contributed by atoms with E-state index in [0.29, 0.717) is 6.54 Å². The van der Waals surface area contributed by atoms with Gasteiger partial charge in [-0.25, -0.2) is 0 Å². The van der Waals surface area contributed by atoms with Gasteiger partial charge in [-0.2, -0.15) is 0 Å². The molecule has 2 unspecified atom stereocenters. The summed E-state index contributed by atoms with van der Waals surface area (Å²) >= 11 is 0. The Bertz CT molecular complexity index is 793. The number of fused-ring (bicyclic) bond motifs is 1. The van der Waals surface area contributed by atoms with Gasteiger partial charge in [0.25, 0.3) is 0 Å². The first-order chi connectivity index (χ1) is 12.6. The Morgan fingerprint density at radius 3 is 2.93 bits per heavy atom. The molecule has 1 fully saturated rings. The molecule has 1 aliphatic heterocycles. The second kappa shape index (κ2) is 9.86. The van der Waals surface area contributed by atoms with Gasteiger partial charge < -0.3 is 15.0 Å². The maximum absolute atomic E-state index is 11.9. The lowest BCUT2D eigenvalue weighted by atomic mass is 9.99. The van der Waals surface area contributed by atoms with E-state index in [-0.39, 0.29) is 41.8 Å². The monoisotopic (exact) mass is 486 g/mol. The number of carbonyl (C=O) groups is 1. The number of likely N-dealkylation sites (tertiary alicyclic amines) is 1. The number of nitrogens with zero attached hydrogens (tertiary/aromatic N) is 5. The average Bonchev–Trinajstić information content (AvgIpc) is 3.25. The van der Waals surface area contributed by atoms with Crippen LogP contribution in [0.25, 0.3) is 5.65 Å². The molecule has 1 N–H and O–H groups in total.